The number of carboxylic acid groups (broad SMARTS) is 1. The van der Waals surface area contributed by atoms with Gasteiger partial charge in [-0.2, -0.15) is 13.2 Å². The minimum absolute atomic E-state index is 0.315. The van der Waals surface area contributed by atoms with Crippen LogP contribution in [-0.2, 0) is 4.79 Å². The van der Waals surface area contributed by atoms with Crippen molar-refractivity contribution in [1.82, 2.24) is 10.3 Å². The second kappa shape index (κ2) is 9.54. The van der Waals surface area contributed by atoms with Gasteiger partial charge in [-0.1, -0.05) is 11.6 Å². The maximum Gasteiger partial charge on any atom is 0.490 e. The Bertz CT molecular complexity index is 840. The molecule has 0 spiro atoms. The van der Waals surface area contributed by atoms with Gasteiger partial charge in [0.1, 0.15) is 11.9 Å². The van der Waals surface area contributed by atoms with Gasteiger partial charge >= 0.3 is 12.1 Å². The van der Waals surface area contributed by atoms with Gasteiger partial charge < -0.3 is 15.2 Å². The molecule has 8 heteroatoms. The number of allylic oxidation sites excluding steroid dienone is 1. The summed E-state index contributed by atoms with van der Waals surface area (Å²) in [6.45, 7) is 6.32. The molecule has 1 aliphatic rings. The van der Waals surface area contributed by atoms with Gasteiger partial charge in [-0.3, -0.25) is 4.98 Å². The molecule has 2 aromatic rings. The topological polar surface area (TPSA) is 71.5 Å². The molecule has 1 fully saturated rings. The number of halogens is 3. The molecule has 28 heavy (non-hydrogen) atoms. The van der Waals surface area contributed by atoms with Gasteiger partial charge in [0, 0.05) is 23.3 Å². The molecule has 2 N–H and O–H groups in total. The Morgan fingerprint density at radius 3 is 2.46 bits per heavy atom. The molecule has 0 amide bonds. The molecule has 0 aliphatic carbocycles. The van der Waals surface area contributed by atoms with Crippen LogP contribution in [0.5, 0.6) is 5.75 Å². The number of fused-ring (bicyclic) bond motifs is 1. The third kappa shape index (κ3) is 6.23. The number of aliphatic carboxylic acids is 1. The normalized spacial score (nSPS) is 14.8. The number of hydrogen-bond donors (Lipinski definition) is 2. The van der Waals surface area contributed by atoms with E-state index in [9.17, 15) is 13.2 Å². The first-order chi connectivity index (χ1) is 13.2. The molecule has 0 bridgehead atoms. The highest BCUT2D eigenvalue weighted by Gasteiger charge is 2.38. The van der Waals surface area contributed by atoms with Crippen LogP contribution in [0.1, 0.15) is 32.3 Å². The summed E-state index contributed by atoms with van der Waals surface area (Å²) in [5.41, 5.74) is 2.45. The lowest BCUT2D eigenvalue weighted by Gasteiger charge is -2.25. The van der Waals surface area contributed by atoms with Gasteiger partial charge in [-0.15, -0.1) is 0 Å². The zero-order chi connectivity index (χ0) is 20.7. The summed E-state index contributed by atoms with van der Waals surface area (Å²) in [7, 11) is 0. The number of aromatic nitrogens is 1. The molecule has 1 aromatic carbocycles. The van der Waals surface area contributed by atoms with Crippen molar-refractivity contribution in [2.24, 2.45) is 0 Å². The van der Waals surface area contributed by atoms with Gasteiger partial charge in [0.2, 0.25) is 0 Å². The van der Waals surface area contributed by atoms with Crippen molar-refractivity contribution >= 4 is 22.8 Å². The zero-order valence-electron chi connectivity index (χ0n) is 15.7. The SMILES string of the molecule is CC(C)=Cc1c(OC2CCNCC2)ccc2cnccc12.O=C(O)C(F)(F)F. The van der Waals surface area contributed by atoms with E-state index in [1.54, 1.807) is 0 Å². The molecule has 0 radical (unpaired) electrons. The van der Waals surface area contributed by atoms with Crippen molar-refractivity contribution in [2.45, 2.75) is 39.0 Å². The van der Waals surface area contributed by atoms with Gasteiger partial charge in [-0.05, 0) is 63.4 Å². The van der Waals surface area contributed by atoms with Gasteiger partial charge in [-0.25, -0.2) is 4.79 Å². The first-order valence-electron chi connectivity index (χ1n) is 8.87. The fourth-order valence-corrected chi connectivity index (χ4v) is 2.81. The Hall–Kier alpha value is -2.61. The molecule has 0 atom stereocenters. The van der Waals surface area contributed by atoms with Crippen molar-refractivity contribution in [3.8, 4) is 5.75 Å². The summed E-state index contributed by atoms with van der Waals surface area (Å²) in [6.07, 6.45) is 3.34. The summed E-state index contributed by atoms with van der Waals surface area (Å²) in [4.78, 5) is 13.1. The standard InChI is InChI=1S/C18H22N2O.C2HF3O2/c1-13(2)11-17-16-7-10-20-12-14(16)3-4-18(17)21-15-5-8-19-9-6-15;3-2(4,5)1(6)7/h3-4,7,10-12,15,19H,5-6,8-9H2,1-2H3;(H,6,7). The van der Waals surface area contributed by atoms with Crippen LogP contribution < -0.4 is 10.1 Å². The Balaban J connectivity index is 0.000000345. The van der Waals surface area contributed by atoms with E-state index in [4.69, 9.17) is 14.6 Å². The van der Waals surface area contributed by atoms with Crippen LogP contribution in [0.4, 0.5) is 13.2 Å². The summed E-state index contributed by atoms with van der Waals surface area (Å²) in [6, 6.07) is 6.25. The van der Waals surface area contributed by atoms with Crippen molar-refractivity contribution in [1.29, 1.82) is 0 Å². The quantitative estimate of drug-likeness (QED) is 0.804. The number of alkyl halides is 3. The fraction of sp³-hybridized carbons (Fsp3) is 0.400. The number of nitrogens with one attached hydrogen (secondary N) is 1. The highest BCUT2D eigenvalue weighted by Crippen LogP contribution is 2.31. The molecule has 152 valence electrons. The average molecular weight is 396 g/mol. The van der Waals surface area contributed by atoms with E-state index in [0.717, 1.165) is 37.1 Å². The number of hydrogen-bond acceptors (Lipinski definition) is 4. The number of carboxylic acids is 1. The highest BCUT2D eigenvalue weighted by molar-refractivity contribution is 5.92. The minimum Gasteiger partial charge on any atom is -0.490 e. The Morgan fingerprint density at radius 1 is 1.25 bits per heavy atom. The average Bonchev–Trinajstić information content (AvgIpc) is 2.64. The van der Waals surface area contributed by atoms with Crippen molar-refractivity contribution in [3.05, 3.63) is 41.7 Å². The van der Waals surface area contributed by atoms with Crippen molar-refractivity contribution < 1.29 is 27.8 Å². The van der Waals surface area contributed by atoms with Gasteiger partial charge in [0.15, 0.2) is 0 Å². The molecule has 1 saturated heterocycles. The highest BCUT2D eigenvalue weighted by atomic mass is 19.4. The predicted molar refractivity (Wildman–Crippen MR) is 101 cm³/mol. The van der Waals surface area contributed by atoms with E-state index in [0.29, 0.717) is 6.10 Å². The van der Waals surface area contributed by atoms with Crippen LogP contribution >= 0.6 is 0 Å². The van der Waals surface area contributed by atoms with Crippen LogP contribution in [0, 0.1) is 0 Å². The number of rotatable bonds is 3. The van der Waals surface area contributed by atoms with Crippen LogP contribution in [0.15, 0.2) is 36.2 Å². The summed E-state index contributed by atoms with van der Waals surface area (Å²) >= 11 is 0. The van der Waals surface area contributed by atoms with E-state index >= 15 is 0 Å². The maximum absolute atomic E-state index is 10.6. The molecular weight excluding hydrogens is 373 g/mol. The molecule has 1 aromatic heterocycles. The predicted octanol–water partition coefficient (Wildman–Crippen LogP) is 4.42. The number of ether oxygens (including phenoxy) is 1. The second-order valence-electron chi connectivity index (χ2n) is 6.67. The van der Waals surface area contributed by atoms with E-state index in [2.05, 4.69) is 48.4 Å². The number of nitrogens with zero attached hydrogens (tertiary/aromatic N) is 1. The van der Waals surface area contributed by atoms with Crippen molar-refractivity contribution in [2.75, 3.05) is 13.1 Å². The van der Waals surface area contributed by atoms with Crippen LogP contribution in [0.25, 0.3) is 16.8 Å². The molecule has 5 nitrogen and oxygen atoms in total. The Morgan fingerprint density at radius 2 is 1.89 bits per heavy atom. The van der Waals surface area contributed by atoms with E-state index < -0.39 is 12.1 Å². The number of carbonyl (C=O) groups is 1. The summed E-state index contributed by atoms with van der Waals surface area (Å²) in [5.74, 6) is -1.77. The second-order valence-corrected chi connectivity index (χ2v) is 6.67. The monoisotopic (exact) mass is 396 g/mol. The van der Waals surface area contributed by atoms with Gasteiger partial charge in [0.25, 0.3) is 0 Å². The minimum atomic E-state index is -5.08. The summed E-state index contributed by atoms with van der Waals surface area (Å²) in [5, 5.41) is 12.9. The Kier molecular flexibility index (Phi) is 7.39. The van der Waals surface area contributed by atoms with Crippen LogP contribution in [-0.4, -0.2) is 41.4 Å². The van der Waals surface area contributed by atoms with Crippen LogP contribution in [0.2, 0.25) is 0 Å². The fourth-order valence-electron chi connectivity index (χ4n) is 2.81. The number of benzene rings is 1. The molecule has 0 unspecified atom stereocenters. The maximum atomic E-state index is 10.6. The van der Waals surface area contributed by atoms with E-state index in [-0.39, 0.29) is 0 Å². The molecular formula is C20H23F3N2O3. The molecule has 2 heterocycles. The lowest BCUT2D eigenvalue weighted by atomic mass is 10.0. The smallest absolute Gasteiger partial charge is 0.490 e. The third-order valence-electron chi connectivity index (χ3n) is 4.08. The lowest BCUT2D eigenvalue weighted by molar-refractivity contribution is -0.192. The molecule has 3 rings (SSSR count). The number of piperidine rings is 1. The first-order valence-corrected chi connectivity index (χ1v) is 8.87. The van der Waals surface area contributed by atoms with E-state index in [1.165, 1.54) is 16.5 Å². The Labute approximate surface area is 161 Å². The zero-order valence-corrected chi connectivity index (χ0v) is 15.7. The lowest BCUT2D eigenvalue weighted by Crippen LogP contribution is -2.34. The van der Waals surface area contributed by atoms with Crippen molar-refractivity contribution in [3.63, 3.8) is 0 Å². The summed E-state index contributed by atoms with van der Waals surface area (Å²) < 4.78 is 38.0. The van der Waals surface area contributed by atoms with Gasteiger partial charge in [0.05, 0.1) is 0 Å². The first kappa shape index (κ1) is 21.7. The molecule has 1 aliphatic heterocycles. The molecule has 0 saturated carbocycles. The third-order valence-corrected chi connectivity index (χ3v) is 4.08. The van der Waals surface area contributed by atoms with E-state index in [1.807, 2.05) is 12.4 Å². The number of pyridine rings is 1. The largest absolute Gasteiger partial charge is 0.490 e. The van der Waals surface area contributed by atoms with Crippen LogP contribution in [0.3, 0.4) is 0 Å².